The zero-order valence-corrected chi connectivity index (χ0v) is 31.7. The molecule has 1 fully saturated rings. The van der Waals surface area contributed by atoms with Crippen molar-refractivity contribution in [1.82, 2.24) is 0 Å². The van der Waals surface area contributed by atoms with Crippen molar-refractivity contribution >= 4 is 49.8 Å². The summed E-state index contributed by atoms with van der Waals surface area (Å²) in [5, 5.41) is 4.79. The summed E-state index contributed by atoms with van der Waals surface area (Å²) < 4.78 is 6.65. The molecule has 56 heavy (non-hydrogen) atoms. The first-order valence-corrected chi connectivity index (χ1v) is 20.3. The lowest BCUT2D eigenvalue weighted by molar-refractivity contribution is 0.366. The van der Waals surface area contributed by atoms with Crippen LogP contribution >= 0.6 is 0 Å². The number of furan rings is 1. The van der Waals surface area contributed by atoms with Crippen LogP contribution in [0, 0.1) is 0 Å². The number of rotatable bonds is 7. The lowest BCUT2D eigenvalue weighted by Crippen LogP contribution is -2.29. The minimum atomic E-state index is 0.0240. The molecule has 0 N–H and O–H groups in total. The first-order chi connectivity index (χ1) is 27.7. The second kappa shape index (κ2) is 14.7. The molecule has 1 aromatic heterocycles. The SMILES string of the molecule is c1ccc(-c2cccc3oc4cc(N(c5ccc(-c6ccc7ccccc7c6)cc5)c5ccc(C6(c7ccccc7)CCCCCCC6)cc5)ccc4c23)cc1. The number of hydrogen-bond acceptors (Lipinski definition) is 2. The zero-order valence-electron chi connectivity index (χ0n) is 31.7. The van der Waals surface area contributed by atoms with Gasteiger partial charge in [0, 0.05) is 39.3 Å². The Morgan fingerprint density at radius 2 is 1.00 bits per heavy atom. The smallest absolute Gasteiger partial charge is 0.137 e. The molecule has 1 aliphatic rings. The Hall–Kier alpha value is -6.38. The van der Waals surface area contributed by atoms with Crippen LogP contribution in [0.4, 0.5) is 17.1 Å². The van der Waals surface area contributed by atoms with Crippen LogP contribution in [0.1, 0.15) is 56.1 Å². The summed E-state index contributed by atoms with van der Waals surface area (Å²) in [6.07, 6.45) is 8.86. The van der Waals surface area contributed by atoms with Crippen molar-refractivity contribution in [2.24, 2.45) is 0 Å². The number of hydrogen-bond donors (Lipinski definition) is 0. The van der Waals surface area contributed by atoms with Crippen molar-refractivity contribution in [3.8, 4) is 22.3 Å². The van der Waals surface area contributed by atoms with Gasteiger partial charge in [0.25, 0.3) is 0 Å². The monoisotopic (exact) mass is 723 g/mol. The molecule has 0 aliphatic heterocycles. The molecule has 9 aromatic rings. The molecule has 272 valence electrons. The van der Waals surface area contributed by atoms with Gasteiger partial charge in [0.05, 0.1) is 0 Å². The average Bonchev–Trinajstić information content (AvgIpc) is 3.63. The van der Waals surface area contributed by atoms with Crippen molar-refractivity contribution in [2.45, 2.75) is 50.4 Å². The fourth-order valence-corrected chi connectivity index (χ4v) is 9.37. The summed E-state index contributed by atoms with van der Waals surface area (Å²) in [5.74, 6) is 0. The lowest BCUT2D eigenvalue weighted by Gasteiger charge is -2.37. The topological polar surface area (TPSA) is 16.4 Å². The summed E-state index contributed by atoms with van der Waals surface area (Å²) in [6.45, 7) is 0. The minimum Gasteiger partial charge on any atom is -0.456 e. The van der Waals surface area contributed by atoms with Crippen molar-refractivity contribution in [3.63, 3.8) is 0 Å². The van der Waals surface area contributed by atoms with E-state index in [1.165, 1.54) is 89.1 Å². The van der Waals surface area contributed by atoms with E-state index in [-0.39, 0.29) is 5.41 Å². The second-order valence-electron chi connectivity index (χ2n) is 15.5. The third-order valence-corrected chi connectivity index (χ3v) is 12.2. The zero-order chi connectivity index (χ0) is 37.3. The van der Waals surface area contributed by atoms with E-state index >= 15 is 0 Å². The Bertz CT molecular complexity index is 2750. The van der Waals surface area contributed by atoms with Gasteiger partial charge in [-0.1, -0.05) is 166 Å². The van der Waals surface area contributed by atoms with Gasteiger partial charge in [-0.2, -0.15) is 0 Å². The molecule has 0 unspecified atom stereocenters. The molecule has 0 spiro atoms. The average molecular weight is 724 g/mol. The molecule has 0 bridgehead atoms. The highest BCUT2D eigenvalue weighted by atomic mass is 16.3. The van der Waals surface area contributed by atoms with Crippen LogP contribution in [0.25, 0.3) is 55.0 Å². The maximum atomic E-state index is 6.65. The van der Waals surface area contributed by atoms with E-state index in [1.807, 2.05) is 0 Å². The second-order valence-corrected chi connectivity index (χ2v) is 15.5. The third kappa shape index (κ3) is 6.26. The summed E-state index contributed by atoms with van der Waals surface area (Å²) in [4.78, 5) is 2.38. The van der Waals surface area contributed by atoms with Gasteiger partial charge in [-0.05, 0) is 106 Å². The fourth-order valence-electron chi connectivity index (χ4n) is 9.37. The molecule has 1 heterocycles. The van der Waals surface area contributed by atoms with E-state index in [9.17, 15) is 0 Å². The fraction of sp³-hybridized carbons (Fsp3) is 0.148. The molecule has 2 nitrogen and oxygen atoms in total. The maximum absolute atomic E-state index is 6.65. The van der Waals surface area contributed by atoms with Crippen LogP contribution in [0.5, 0.6) is 0 Å². The number of anilines is 3. The van der Waals surface area contributed by atoms with Crippen molar-refractivity contribution in [1.29, 1.82) is 0 Å². The summed E-state index contributed by atoms with van der Waals surface area (Å²) in [6, 6.07) is 68.8. The largest absolute Gasteiger partial charge is 0.456 e. The predicted octanol–water partition coefficient (Wildman–Crippen LogP) is 15.6. The van der Waals surface area contributed by atoms with E-state index in [2.05, 4.69) is 193 Å². The minimum absolute atomic E-state index is 0.0240. The molecule has 2 heteroatoms. The van der Waals surface area contributed by atoms with Crippen LogP contribution in [0.15, 0.2) is 192 Å². The Labute approximate surface area is 329 Å². The van der Waals surface area contributed by atoms with Crippen LogP contribution in [0.2, 0.25) is 0 Å². The van der Waals surface area contributed by atoms with Gasteiger partial charge < -0.3 is 9.32 Å². The Balaban J connectivity index is 1.09. The van der Waals surface area contributed by atoms with Gasteiger partial charge in [0.1, 0.15) is 11.2 Å². The lowest BCUT2D eigenvalue weighted by atomic mass is 9.67. The Kier molecular flexibility index (Phi) is 8.96. The van der Waals surface area contributed by atoms with E-state index in [1.54, 1.807) is 0 Å². The van der Waals surface area contributed by atoms with Crippen molar-refractivity contribution in [3.05, 3.63) is 199 Å². The molecular weight excluding hydrogens is 679 g/mol. The third-order valence-electron chi connectivity index (χ3n) is 12.2. The van der Waals surface area contributed by atoms with Crippen LogP contribution in [0.3, 0.4) is 0 Å². The van der Waals surface area contributed by atoms with Crippen molar-refractivity contribution < 1.29 is 4.42 Å². The summed E-state index contributed by atoms with van der Waals surface area (Å²) in [5.41, 5.74) is 12.8. The molecule has 10 rings (SSSR count). The van der Waals surface area contributed by atoms with E-state index < -0.39 is 0 Å². The Morgan fingerprint density at radius 3 is 1.75 bits per heavy atom. The van der Waals surface area contributed by atoms with E-state index in [0.29, 0.717) is 0 Å². The molecule has 1 aliphatic carbocycles. The molecular formula is C54H45NO. The van der Waals surface area contributed by atoms with Crippen LogP contribution in [-0.4, -0.2) is 0 Å². The van der Waals surface area contributed by atoms with Crippen molar-refractivity contribution in [2.75, 3.05) is 4.90 Å². The van der Waals surface area contributed by atoms with Gasteiger partial charge >= 0.3 is 0 Å². The normalized spacial score (nSPS) is 14.4. The molecule has 8 aromatic carbocycles. The number of fused-ring (bicyclic) bond motifs is 4. The van der Waals surface area contributed by atoms with Crippen LogP contribution < -0.4 is 4.90 Å². The maximum Gasteiger partial charge on any atom is 0.137 e. The molecule has 0 atom stereocenters. The quantitative estimate of drug-likeness (QED) is 0.163. The van der Waals surface area contributed by atoms with E-state index in [0.717, 1.165) is 39.0 Å². The highest BCUT2D eigenvalue weighted by Crippen LogP contribution is 2.46. The van der Waals surface area contributed by atoms with Gasteiger partial charge in [0.15, 0.2) is 0 Å². The first kappa shape index (κ1) is 34.1. The van der Waals surface area contributed by atoms with Gasteiger partial charge in [-0.15, -0.1) is 0 Å². The number of nitrogens with zero attached hydrogens (tertiary/aromatic N) is 1. The van der Waals surface area contributed by atoms with Gasteiger partial charge in [-0.3, -0.25) is 0 Å². The highest BCUT2D eigenvalue weighted by molar-refractivity contribution is 6.13. The molecule has 0 amide bonds. The predicted molar refractivity (Wildman–Crippen MR) is 236 cm³/mol. The molecule has 1 saturated carbocycles. The summed E-state index contributed by atoms with van der Waals surface area (Å²) in [7, 11) is 0. The number of benzene rings is 8. The van der Waals surface area contributed by atoms with E-state index in [4.69, 9.17) is 4.42 Å². The first-order valence-electron chi connectivity index (χ1n) is 20.3. The molecule has 0 radical (unpaired) electrons. The van der Waals surface area contributed by atoms with Gasteiger partial charge in [0.2, 0.25) is 0 Å². The highest BCUT2D eigenvalue weighted by Gasteiger charge is 2.34. The Morgan fingerprint density at radius 1 is 0.393 bits per heavy atom. The molecule has 0 saturated heterocycles. The van der Waals surface area contributed by atoms with Crippen LogP contribution in [-0.2, 0) is 5.41 Å². The van der Waals surface area contributed by atoms with Gasteiger partial charge in [-0.25, -0.2) is 0 Å². The summed E-state index contributed by atoms with van der Waals surface area (Å²) >= 11 is 0. The standard InChI is InChI=1S/C54H45NO/c1-2-12-35-54(36-13-3-1,44-19-8-5-9-20-44)45-27-31-47(32-28-45)55(46-29-25-40(26-30-46)43-24-23-39-15-10-11-18-42(39)37-43)48-33-34-50-52(38-48)56-51-22-14-21-49(53(50)51)41-16-6-4-7-17-41/h4-11,14-34,37-38H,1-3,12-13,35-36H2.